The maximum absolute atomic E-state index is 5.65. The molecule has 0 aliphatic carbocycles. The molecule has 17 heavy (non-hydrogen) atoms. The van der Waals surface area contributed by atoms with E-state index in [1.165, 1.54) is 11.3 Å². The van der Waals surface area contributed by atoms with Crippen LogP contribution >= 0.6 is 11.3 Å². The summed E-state index contributed by atoms with van der Waals surface area (Å²) in [6, 6.07) is 10.0. The first-order valence-corrected chi connectivity index (χ1v) is 6.03. The van der Waals surface area contributed by atoms with Crippen LogP contribution in [0, 0.1) is 0 Å². The van der Waals surface area contributed by atoms with Crippen LogP contribution in [0.5, 0.6) is 0 Å². The molecule has 0 saturated heterocycles. The van der Waals surface area contributed by atoms with E-state index in [0.717, 1.165) is 22.5 Å². The van der Waals surface area contributed by atoms with Gasteiger partial charge in [-0.3, -0.25) is 5.10 Å². The highest BCUT2D eigenvalue weighted by Crippen LogP contribution is 2.30. The lowest BCUT2D eigenvalue weighted by atomic mass is 10.1. The number of nitrogens with two attached hydrogens (primary N) is 1. The van der Waals surface area contributed by atoms with E-state index in [9.17, 15) is 0 Å². The topological polar surface area (TPSA) is 67.6 Å². The lowest BCUT2D eigenvalue weighted by Gasteiger charge is -2.00. The van der Waals surface area contributed by atoms with Crippen LogP contribution in [0.2, 0.25) is 0 Å². The number of thiazole rings is 1. The zero-order valence-corrected chi connectivity index (χ0v) is 9.74. The van der Waals surface area contributed by atoms with Gasteiger partial charge in [-0.05, 0) is 0 Å². The molecule has 0 atom stereocenters. The van der Waals surface area contributed by atoms with E-state index in [1.54, 1.807) is 6.20 Å². The Bertz CT molecular complexity index is 627. The van der Waals surface area contributed by atoms with Gasteiger partial charge in [-0.1, -0.05) is 30.3 Å². The first kappa shape index (κ1) is 10.0. The third kappa shape index (κ3) is 1.81. The standard InChI is InChI=1S/C12H10N4S/c13-12-15-10(7-17-12)9-6-14-16-11(9)8-4-2-1-3-5-8/h1-7H,(H2,13,15)(H,14,16). The van der Waals surface area contributed by atoms with Crippen molar-refractivity contribution in [2.75, 3.05) is 5.73 Å². The molecule has 0 spiro atoms. The minimum atomic E-state index is 0.570. The molecule has 3 N–H and O–H groups in total. The molecule has 84 valence electrons. The molecule has 0 radical (unpaired) electrons. The molecule has 0 amide bonds. The van der Waals surface area contributed by atoms with Crippen LogP contribution in [0.1, 0.15) is 0 Å². The Kier molecular flexibility index (Phi) is 2.38. The molecular formula is C12H10N4S. The number of aromatic nitrogens is 3. The minimum absolute atomic E-state index is 0.570. The van der Waals surface area contributed by atoms with Crippen LogP contribution in [-0.4, -0.2) is 15.2 Å². The first-order valence-electron chi connectivity index (χ1n) is 5.15. The van der Waals surface area contributed by atoms with Crippen LogP contribution in [-0.2, 0) is 0 Å². The van der Waals surface area contributed by atoms with Crippen molar-refractivity contribution in [3.05, 3.63) is 41.9 Å². The van der Waals surface area contributed by atoms with Crippen molar-refractivity contribution in [1.29, 1.82) is 0 Å². The number of hydrogen-bond acceptors (Lipinski definition) is 4. The fraction of sp³-hybridized carbons (Fsp3) is 0. The molecule has 2 aromatic heterocycles. The van der Waals surface area contributed by atoms with Gasteiger partial charge in [0.25, 0.3) is 0 Å². The van der Waals surface area contributed by atoms with Gasteiger partial charge in [0.05, 0.1) is 17.6 Å². The smallest absolute Gasteiger partial charge is 0.180 e. The van der Waals surface area contributed by atoms with Crippen LogP contribution < -0.4 is 5.73 Å². The second kappa shape index (κ2) is 4.03. The molecule has 1 aromatic carbocycles. The van der Waals surface area contributed by atoms with E-state index in [4.69, 9.17) is 5.73 Å². The summed E-state index contributed by atoms with van der Waals surface area (Å²) in [5.74, 6) is 0. The van der Waals surface area contributed by atoms with Gasteiger partial charge in [-0.15, -0.1) is 11.3 Å². The van der Waals surface area contributed by atoms with Crippen LogP contribution in [0.15, 0.2) is 41.9 Å². The summed E-state index contributed by atoms with van der Waals surface area (Å²) in [4.78, 5) is 4.28. The molecule has 0 aliphatic rings. The van der Waals surface area contributed by atoms with E-state index in [1.807, 2.05) is 35.7 Å². The number of nitrogens with zero attached hydrogens (tertiary/aromatic N) is 2. The Morgan fingerprint density at radius 1 is 1.18 bits per heavy atom. The molecule has 4 nitrogen and oxygen atoms in total. The lowest BCUT2D eigenvalue weighted by Crippen LogP contribution is -1.84. The summed E-state index contributed by atoms with van der Waals surface area (Å²) >= 11 is 1.43. The van der Waals surface area contributed by atoms with Gasteiger partial charge in [0.2, 0.25) is 0 Å². The second-order valence-electron chi connectivity index (χ2n) is 3.60. The van der Waals surface area contributed by atoms with Gasteiger partial charge in [0, 0.05) is 16.5 Å². The number of nitrogens with one attached hydrogen (secondary N) is 1. The first-order chi connectivity index (χ1) is 8.34. The van der Waals surface area contributed by atoms with Crippen molar-refractivity contribution in [2.45, 2.75) is 0 Å². The van der Waals surface area contributed by atoms with Crippen molar-refractivity contribution in [2.24, 2.45) is 0 Å². The van der Waals surface area contributed by atoms with E-state index < -0.39 is 0 Å². The van der Waals surface area contributed by atoms with Crippen molar-refractivity contribution >= 4 is 16.5 Å². The molecule has 3 rings (SSSR count). The minimum Gasteiger partial charge on any atom is -0.375 e. The third-order valence-corrected chi connectivity index (χ3v) is 3.17. The quantitative estimate of drug-likeness (QED) is 0.726. The summed E-state index contributed by atoms with van der Waals surface area (Å²) in [6.07, 6.45) is 1.77. The predicted molar refractivity (Wildman–Crippen MR) is 69.5 cm³/mol. The molecule has 3 aromatic rings. The normalized spacial score (nSPS) is 10.6. The van der Waals surface area contributed by atoms with Gasteiger partial charge >= 0.3 is 0 Å². The van der Waals surface area contributed by atoms with Crippen LogP contribution in [0.25, 0.3) is 22.5 Å². The van der Waals surface area contributed by atoms with Gasteiger partial charge in [-0.2, -0.15) is 5.10 Å². The molecule has 0 bridgehead atoms. The Morgan fingerprint density at radius 2 is 2.00 bits per heavy atom. The summed E-state index contributed by atoms with van der Waals surface area (Å²) in [7, 11) is 0. The van der Waals surface area contributed by atoms with Crippen molar-refractivity contribution in [1.82, 2.24) is 15.2 Å². The highest BCUT2D eigenvalue weighted by atomic mass is 32.1. The van der Waals surface area contributed by atoms with Crippen molar-refractivity contribution < 1.29 is 0 Å². The monoisotopic (exact) mass is 242 g/mol. The Morgan fingerprint density at radius 3 is 2.71 bits per heavy atom. The SMILES string of the molecule is Nc1nc(-c2cn[nH]c2-c2ccccc2)cs1. The summed E-state index contributed by atoms with van der Waals surface area (Å²) in [5, 5.41) is 9.59. The maximum Gasteiger partial charge on any atom is 0.180 e. The molecule has 0 unspecified atom stereocenters. The zero-order valence-electron chi connectivity index (χ0n) is 8.92. The van der Waals surface area contributed by atoms with Crippen LogP contribution in [0.3, 0.4) is 0 Å². The van der Waals surface area contributed by atoms with E-state index in [-0.39, 0.29) is 0 Å². The highest BCUT2D eigenvalue weighted by molar-refractivity contribution is 7.13. The average molecular weight is 242 g/mol. The Hall–Kier alpha value is -2.14. The summed E-state index contributed by atoms with van der Waals surface area (Å²) in [5.41, 5.74) is 9.55. The number of rotatable bonds is 2. The largest absolute Gasteiger partial charge is 0.375 e. The number of aromatic amines is 1. The van der Waals surface area contributed by atoms with Gasteiger partial charge < -0.3 is 5.73 Å². The van der Waals surface area contributed by atoms with Crippen LogP contribution in [0.4, 0.5) is 5.13 Å². The number of nitrogen functional groups attached to an aromatic ring is 1. The second-order valence-corrected chi connectivity index (χ2v) is 4.49. The van der Waals surface area contributed by atoms with E-state index in [2.05, 4.69) is 15.2 Å². The van der Waals surface area contributed by atoms with Gasteiger partial charge in [0.1, 0.15) is 0 Å². The van der Waals surface area contributed by atoms with Gasteiger partial charge in [0.15, 0.2) is 5.13 Å². The predicted octanol–water partition coefficient (Wildman–Crippen LogP) is 2.78. The number of benzene rings is 1. The highest BCUT2D eigenvalue weighted by Gasteiger charge is 2.11. The average Bonchev–Trinajstić information content (AvgIpc) is 2.98. The molecular weight excluding hydrogens is 232 g/mol. The lowest BCUT2D eigenvalue weighted by molar-refractivity contribution is 1.10. The zero-order chi connectivity index (χ0) is 11.7. The maximum atomic E-state index is 5.65. The fourth-order valence-corrected chi connectivity index (χ4v) is 2.28. The summed E-state index contributed by atoms with van der Waals surface area (Å²) < 4.78 is 0. The fourth-order valence-electron chi connectivity index (χ4n) is 1.72. The molecule has 5 heteroatoms. The van der Waals surface area contributed by atoms with Crippen molar-refractivity contribution in [3.63, 3.8) is 0 Å². The molecule has 2 heterocycles. The Labute approximate surface area is 102 Å². The molecule has 0 saturated carbocycles. The molecule has 0 aliphatic heterocycles. The van der Waals surface area contributed by atoms with E-state index in [0.29, 0.717) is 5.13 Å². The van der Waals surface area contributed by atoms with Crippen molar-refractivity contribution in [3.8, 4) is 22.5 Å². The molecule has 0 fully saturated rings. The third-order valence-electron chi connectivity index (χ3n) is 2.50. The Balaban J connectivity index is 2.12. The number of anilines is 1. The van der Waals surface area contributed by atoms with E-state index >= 15 is 0 Å². The number of hydrogen-bond donors (Lipinski definition) is 2. The van der Waals surface area contributed by atoms with Gasteiger partial charge in [-0.25, -0.2) is 4.98 Å². The summed E-state index contributed by atoms with van der Waals surface area (Å²) in [6.45, 7) is 0. The number of H-pyrrole nitrogens is 1.